The maximum absolute atomic E-state index is 13.0. The van der Waals surface area contributed by atoms with E-state index in [1.54, 1.807) is 18.3 Å². The molecule has 1 aliphatic heterocycles. The molecule has 134 valence electrons. The Hall–Kier alpha value is -3.10. The van der Waals surface area contributed by atoms with Crippen LogP contribution in [-0.2, 0) is 24.3 Å². The predicted octanol–water partition coefficient (Wildman–Crippen LogP) is 1.57. The highest BCUT2D eigenvalue weighted by molar-refractivity contribution is 5.76. The lowest BCUT2D eigenvalue weighted by atomic mass is 10.1. The smallest absolute Gasteiger partial charge is 0.222 e. The summed E-state index contributed by atoms with van der Waals surface area (Å²) in [6.07, 6.45) is 3.66. The lowest BCUT2D eigenvalue weighted by molar-refractivity contribution is -0.132. The topological polar surface area (TPSA) is 92.6 Å². The molecule has 0 radical (unpaired) electrons. The van der Waals surface area contributed by atoms with Gasteiger partial charge in [-0.3, -0.25) is 9.89 Å². The van der Waals surface area contributed by atoms with Crippen LogP contribution in [-0.4, -0.2) is 47.8 Å². The van der Waals surface area contributed by atoms with Gasteiger partial charge in [-0.25, -0.2) is 4.39 Å². The number of tetrazole rings is 1. The van der Waals surface area contributed by atoms with E-state index >= 15 is 0 Å². The zero-order valence-electron chi connectivity index (χ0n) is 14.1. The first-order valence-electron chi connectivity index (χ1n) is 8.52. The van der Waals surface area contributed by atoms with Crippen molar-refractivity contribution in [2.75, 3.05) is 6.54 Å². The number of aromatic amines is 1. The molecule has 26 heavy (non-hydrogen) atoms. The number of carbonyl (C=O) groups excluding carboxylic acids is 1. The van der Waals surface area contributed by atoms with Crippen LogP contribution < -0.4 is 0 Å². The number of aryl methyl sites for hydroxylation is 1. The molecule has 9 heteroatoms. The molecule has 3 aromatic rings. The fourth-order valence-corrected chi connectivity index (χ4v) is 3.02. The second kappa shape index (κ2) is 7.03. The first-order chi connectivity index (χ1) is 12.7. The largest absolute Gasteiger partial charge is 0.338 e. The van der Waals surface area contributed by atoms with Crippen LogP contribution in [0.1, 0.15) is 24.1 Å². The summed E-state index contributed by atoms with van der Waals surface area (Å²) in [6.45, 7) is 1.83. The number of halogens is 1. The molecule has 0 bridgehead atoms. The van der Waals surface area contributed by atoms with Gasteiger partial charge in [-0.2, -0.15) is 9.90 Å². The molecule has 1 amide bonds. The molecular weight excluding hydrogens is 337 g/mol. The summed E-state index contributed by atoms with van der Waals surface area (Å²) in [5, 5.41) is 19.2. The molecule has 0 spiro atoms. The van der Waals surface area contributed by atoms with Crippen molar-refractivity contribution >= 4 is 5.91 Å². The van der Waals surface area contributed by atoms with Crippen LogP contribution >= 0.6 is 0 Å². The number of H-pyrrole nitrogens is 1. The number of amides is 1. The average Bonchev–Trinajstić information content (AvgIpc) is 3.31. The number of nitrogens with one attached hydrogen (secondary N) is 1. The van der Waals surface area contributed by atoms with Crippen LogP contribution in [0.2, 0.25) is 0 Å². The second-order valence-electron chi connectivity index (χ2n) is 6.26. The average molecular weight is 355 g/mol. The van der Waals surface area contributed by atoms with Crippen LogP contribution in [0.3, 0.4) is 0 Å². The third kappa shape index (κ3) is 3.46. The van der Waals surface area contributed by atoms with Gasteiger partial charge in [0.2, 0.25) is 11.7 Å². The van der Waals surface area contributed by atoms with Gasteiger partial charge in [-0.1, -0.05) is 0 Å². The Morgan fingerprint density at radius 3 is 2.96 bits per heavy atom. The molecule has 8 nitrogen and oxygen atoms in total. The van der Waals surface area contributed by atoms with Crippen molar-refractivity contribution in [2.24, 2.45) is 0 Å². The van der Waals surface area contributed by atoms with Crippen molar-refractivity contribution in [3.8, 4) is 11.4 Å². The maximum Gasteiger partial charge on any atom is 0.222 e. The van der Waals surface area contributed by atoms with Crippen molar-refractivity contribution in [2.45, 2.75) is 32.4 Å². The fourth-order valence-electron chi connectivity index (χ4n) is 3.02. The Balaban J connectivity index is 1.28. The Bertz CT molecular complexity index is 902. The summed E-state index contributed by atoms with van der Waals surface area (Å²) < 4.78 is 13.0. The summed E-state index contributed by atoms with van der Waals surface area (Å²) in [6, 6.07) is 5.94. The highest BCUT2D eigenvalue weighted by atomic mass is 19.1. The second-order valence-corrected chi connectivity index (χ2v) is 6.26. The Kier molecular flexibility index (Phi) is 4.42. The summed E-state index contributed by atoms with van der Waals surface area (Å²) in [7, 11) is 0. The number of nitrogens with zero attached hydrogens (tertiary/aromatic N) is 6. The van der Waals surface area contributed by atoms with Crippen molar-refractivity contribution < 1.29 is 9.18 Å². The van der Waals surface area contributed by atoms with Crippen LogP contribution in [0.5, 0.6) is 0 Å². The quantitative estimate of drug-likeness (QED) is 0.750. The number of fused-ring (bicyclic) bond motifs is 1. The van der Waals surface area contributed by atoms with Crippen LogP contribution in [0.15, 0.2) is 30.5 Å². The first kappa shape index (κ1) is 16.4. The molecule has 1 N–H and O–H groups in total. The van der Waals surface area contributed by atoms with Crippen molar-refractivity contribution in [1.29, 1.82) is 0 Å². The van der Waals surface area contributed by atoms with E-state index in [1.807, 2.05) is 4.90 Å². The summed E-state index contributed by atoms with van der Waals surface area (Å²) in [5.74, 6) is 0.260. The minimum atomic E-state index is -0.306. The van der Waals surface area contributed by atoms with Crippen molar-refractivity contribution in [3.63, 3.8) is 0 Å². The lowest BCUT2D eigenvalue weighted by Gasteiger charge is -2.26. The minimum absolute atomic E-state index is 0.121. The van der Waals surface area contributed by atoms with E-state index in [0.29, 0.717) is 43.9 Å². The molecule has 1 aliphatic rings. The van der Waals surface area contributed by atoms with E-state index < -0.39 is 0 Å². The van der Waals surface area contributed by atoms with Crippen molar-refractivity contribution in [1.82, 2.24) is 35.3 Å². The molecule has 0 fully saturated rings. The van der Waals surface area contributed by atoms with E-state index in [4.69, 9.17) is 0 Å². The zero-order valence-corrected chi connectivity index (χ0v) is 14.1. The molecule has 0 saturated carbocycles. The minimum Gasteiger partial charge on any atom is -0.338 e. The van der Waals surface area contributed by atoms with Gasteiger partial charge >= 0.3 is 0 Å². The van der Waals surface area contributed by atoms with Gasteiger partial charge in [0.1, 0.15) is 5.82 Å². The number of aromatic nitrogens is 6. The molecule has 1 aromatic carbocycles. The van der Waals surface area contributed by atoms with Crippen LogP contribution in [0.4, 0.5) is 4.39 Å². The summed E-state index contributed by atoms with van der Waals surface area (Å²) in [5.41, 5.74) is 2.92. The number of hydrogen-bond donors (Lipinski definition) is 1. The molecule has 4 rings (SSSR count). The lowest BCUT2D eigenvalue weighted by Crippen LogP contribution is -2.35. The van der Waals surface area contributed by atoms with Gasteiger partial charge in [-0.15, -0.1) is 10.2 Å². The highest BCUT2D eigenvalue weighted by Gasteiger charge is 2.21. The van der Waals surface area contributed by atoms with Gasteiger partial charge in [-0.05, 0) is 35.9 Å². The van der Waals surface area contributed by atoms with Crippen LogP contribution in [0, 0.1) is 5.82 Å². The fraction of sp³-hybridized carbons (Fsp3) is 0.353. The Labute approximate surface area is 149 Å². The Morgan fingerprint density at radius 1 is 1.27 bits per heavy atom. The molecular formula is C17H18FN7O. The third-order valence-corrected chi connectivity index (χ3v) is 4.46. The monoisotopic (exact) mass is 355 g/mol. The first-order valence-corrected chi connectivity index (χ1v) is 8.52. The zero-order chi connectivity index (χ0) is 17.9. The van der Waals surface area contributed by atoms with Crippen molar-refractivity contribution in [3.05, 3.63) is 47.5 Å². The molecule has 2 aromatic heterocycles. The van der Waals surface area contributed by atoms with Crippen LogP contribution in [0.25, 0.3) is 11.4 Å². The van der Waals surface area contributed by atoms with Gasteiger partial charge < -0.3 is 4.90 Å². The molecule has 3 heterocycles. The number of benzene rings is 1. The molecule has 0 aliphatic carbocycles. The summed E-state index contributed by atoms with van der Waals surface area (Å²) in [4.78, 5) is 15.7. The number of hydrogen-bond acceptors (Lipinski definition) is 5. The van der Waals surface area contributed by atoms with Gasteiger partial charge in [0.15, 0.2) is 0 Å². The third-order valence-electron chi connectivity index (χ3n) is 4.46. The standard InChI is InChI=1S/C17H18FN7O/c18-14-5-3-12(4-6-14)17-21-23-25(22-17)8-1-2-16(26)24-9-7-15-13(11-24)10-19-20-15/h3-6,10H,1-2,7-9,11H2,(H,19,20). The van der Waals surface area contributed by atoms with E-state index in [1.165, 1.54) is 16.9 Å². The van der Waals surface area contributed by atoms with Gasteiger partial charge in [0, 0.05) is 42.8 Å². The molecule has 0 unspecified atom stereocenters. The van der Waals surface area contributed by atoms with E-state index in [-0.39, 0.29) is 11.7 Å². The number of carbonyl (C=O) groups is 1. The molecule has 0 saturated heterocycles. The van der Waals surface area contributed by atoms with Gasteiger partial charge in [0.25, 0.3) is 0 Å². The predicted molar refractivity (Wildman–Crippen MR) is 90.2 cm³/mol. The normalized spacial score (nSPS) is 13.7. The van der Waals surface area contributed by atoms with Gasteiger partial charge in [0.05, 0.1) is 12.7 Å². The highest BCUT2D eigenvalue weighted by Crippen LogP contribution is 2.17. The SMILES string of the molecule is O=C(CCCn1nnc(-c2ccc(F)cc2)n1)N1CCc2[nH]ncc2C1. The van der Waals surface area contributed by atoms with E-state index in [2.05, 4.69) is 25.6 Å². The van der Waals surface area contributed by atoms with E-state index in [0.717, 1.165) is 17.7 Å². The number of rotatable bonds is 5. The summed E-state index contributed by atoms with van der Waals surface area (Å²) >= 11 is 0. The Morgan fingerprint density at radius 2 is 2.12 bits per heavy atom. The maximum atomic E-state index is 13.0. The molecule has 0 atom stereocenters. The van der Waals surface area contributed by atoms with E-state index in [9.17, 15) is 9.18 Å².